The van der Waals surface area contributed by atoms with Crippen molar-refractivity contribution in [1.29, 1.82) is 0 Å². The summed E-state index contributed by atoms with van der Waals surface area (Å²) in [5.41, 5.74) is 0.800. The molecule has 1 amide bonds. The van der Waals surface area contributed by atoms with Gasteiger partial charge in [0, 0.05) is 43.7 Å². The van der Waals surface area contributed by atoms with E-state index in [2.05, 4.69) is 10.2 Å². The summed E-state index contributed by atoms with van der Waals surface area (Å²) in [5, 5.41) is 13.5. The fraction of sp³-hybridized carbons (Fsp3) is 0.571. The molecule has 9 heteroatoms. The molecule has 1 aromatic carbocycles. The lowest BCUT2D eigenvalue weighted by Crippen LogP contribution is -2.42. The molecule has 2 aromatic rings. The largest absolute Gasteiger partial charge is 0.493 e. The minimum Gasteiger partial charge on any atom is -0.493 e. The van der Waals surface area contributed by atoms with Gasteiger partial charge in [-0.05, 0) is 38.2 Å². The number of nitrogens with zero attached hydrogens (tertiary/aromatic N) is 4. The van der Waals surface area contributed by atoms with Crippen LogP contribution in [0.1, 0.15) is 32.1 Å². The fourth-order valence-corrected chi connectivity index (χ4v) is 4.25. The van der Waals surface area contributed by atoms with Gasteiger partial charge in [0.15, 0.2) is 11.5 Å². The number of hydrogen-bond donors (Lipinski definition) is 2. The maximum absolute atomic E-state index is 11.2. The summed E-state index contributed by atoms with van der Waals surface area (Å²) in [5.74, 6) is 2.78. The summed E-state index contributed by atoms with van der Waals surface area (Å²) in [6.45, 7) is 2.98. The second-order valence-electron chi connectivity index (χ2n) is 7.83. The lowest BCUT2D eigenvalue weighted by Gasteiger charge is -2.31. The molecule has 0 unspecified atom stereocenters. The van der Waals surface area contributed by atoms with Crippen LogP contribution >= 0.6 is 0 Å². The number of carbonyl (C=O) groups is 1. The third-order valence-electron chi connectivity index (χ3n) is 5.94. The first-order valence-electron chi connectivity index (χ1n) is 10.5. The lowest BCUT2D eigenvalue weighted by atomic mass is 10.1. The van der Waals surface area contributed by atoms with Crippen molar-refractivity contribution in [3.63, 3.8) is 0 Å². The maximum atomic E-state index is 11.2. The van der Waals surface area contributed by atoms with Crippen LogP contribution in [0, 0.1) is 0 Å². The molecule has 0 bridgehead atoms. The second-order valence-corrected chi connectivity index (χ2v) is 7.83. The summed E-state index contributed by atoms with van der Waals surface area (Å²) < 4.78 is 11.0. The van der Waals surface area contributed by atoms with Crippen LogP contribution in [-0.2, 0) is 0 Å². The Balaban J connectivity index is 1.67. The van der Waals surface area contributed by atoms with Gasteiger partial charge in [0.05, 0.1) is 19.7 Å². The number of carboxylic acid groups (broad SMARTS) is 1. The van der Waals surface area contributed by atoms with Crippen molar-refractivity contribution in [3.05, 3.63) is 12.1 Å². The molecular formula is C21H29N5O4. The van der Waals surface area contributed by atoms with E-state index in [9.17, 15) is 4.79 Å². The van der Waals surface area contributed by atoms with Gasteiger partial charge in [0.25, 0.3) is 0 Å². The van der Waals surface area contributed by atoms with Crippen LogP contribution in [0.15, 0.2) is 12.1 Å². The highest BCUT2D eigenvalue weighted by Crippen LogP contribution is 2.36. The monoisotopic (exact) mass is 415 g/mol. The second kappa shape index (κ2) is 8.81. The van der Waals surface area contributed by atoms with Crippen LogP contribution in [0.3, 0.4) is 0 Å². The van der Waals surface area contributed by atoms with Crippen LogP contribution in [0.2, 0.25) is 0 Å². The number of rotatable bonds is 5. The van der Waals surface area contributed by atoms with Crippen molar-refractivity contribution in [2.45, 2.75) is 38.1 Å². The Morgan fingerprint density at radius 2 is 1.70 bits per heavy atom. The van der Waals surface area contributed by atoms with Crippen molar-refractivity contribution in [2.24, 2.45) is 0 Å². The maximum Gasteiger partial charge on any atom is 0.407 e. The van der Waals surface area contributed by atoms with E-state index in [0.29, 0.717) is 30.5 Å². The molecule has 2 saturated heterocycles. The van der Waals surface area contributed by atoms with E-state index in [1.165, 1.54) is 11.3 Å². The van der Waals surface area contributed by atoms with Crippen LogP contribution < -0.4 is 19.7 Å². The van der Waals surface area contributed by atoms with Crippen LogP contribution in [0.4, 0.5) is 16.6 Å². The van der Waals surface area contributed by atoms with Crippen LogP contribution in [0.5, 0.6) is 11.5 Å². The van der Waals surface area contributed by atoms with Gasteiger partial charge in [-0.2, -0.15) is 4.98 Å². The molecule has 0 aliphatic carbocycles. The van der Waals surface area contributed by atoms with Gasteiger partial charge in [-0.1, -0.05) is 0 Å². The van der Waals surface area contributed by atoms with Gasteiger partial charge in [-0.15, -0.1) is 0 Å². The SMILES string of the molecule is COc1cc2nc(NC3CCN(C(=O)O)CC3)nc(N3CCCCC3)c2cc1OC. The van der Waals surface area contributed by atoms with Gasteiger partial charge >= 0.3 is 6.09 Å². The Labute approximate surface area is 176 Å². The molecule has 0 atom stereocenters. The first-order valence-corrected chi connectivity index (χ1v) is 10.5. The third-order valence-corrected chi connectivity index (χ3v) is 5.94. The Hall–Kier alpha value is -2.97. The van der Waals surface area contributed by atoms with Gasteiger partial charge in [-0.25, -0.2) is 9.78 Å². The fourth-order valence-electron chi connectivity index (χ4n) is 4.25. The molecule has 162 valence electrons. The van der Waals surface area contributed by atoms with Crippen molar-refractivity contribution >= 4 is 28.8 Å². The van der Waals surface area contributed by atoms with Crippen molar-refractivity contribution < 1.29 is 19.4 Å². The van der Waals surface area contributed by atoms with Gasteiger partial charge in [0.2, 0.25) is 5.95 Å². The van der Waals surface area contributed by atoms with Crippen molar-refractivity contribution in [2.75, 3.05) is 50.6 Å². The zero-order valence-electron chi connectivity index (χ0n) is 17.6. The number of piperidine rings is 2. The first-order chi connectivity index (χ1) is 14.6. The summed E-state index contributed by atoms with van der Waals surface area (Å²) in [6, 6.07) is 3.99. The molecule has 3 heterocycles. The van der Waals surface area contributed by atoms with E-state index in [4.69, 9.17) is 24.5 Å². The van der Waals surface area contributed by atoms with Gasteiger partial charge < -0.3 is 29.7 Å². The molecule has 0 saturated carbocycles. The Bertz CT molecular complexity index is 908. The zero-order valence-corrected chi connectivity index (χ0v) is 17.6. The number of nitrogens with one attached hydrogen (secondary N) is 1. The highest BCUT2D eigenvalue weighted by Gasteiger charge is 2.24. The minimum atomic E-state index is -0.858. The number of benzene rings is 1. The van der Waals surface area contributed by atoms with E-state index >= 15 is 0 Å². The number of ether oxygens (including phenoxy) is 2. The molecule has 2 fully saturated rings. The van der Waals surface area contributed by atoms with E-state index in [-0.39, 0.29) is 6.04 Å². The predicted molar refractivity (Wildman–Crippen MR) is 115 cm³/mol. The number of fused-ring (bicyclic) bond motifs is 1. The topological polar surface area (TPSA) is 100 Å². The van der Waals surface area contributed by atoms with E-state index in [1.807, 2.05) is 12.1 Å². The summed E-state index contributed by atoms with van der Waals surface area (Å²) in [6.07, 6.45) is 4.15. The third kappa shape index (κ3) is 4.15. The number of methoxy groups -OCH3 is 2. The standard InChI is InChI=1S/C21H29N5O4/c1-29-17-12-15-16(13-18(17)30-2)23-20(24-19(15)25-8-4-3-5-9-25)22-14-6-10-26(11-7-14)21(27)28/h12-14H,3-11H2,1-2H3,(H,27,28)(H,22,23,24). The van der Waals surface area contributed by atoms with Gasteiger partial charge in [-0.3, -0.25) is 0 Å². The van der Waals surface area contributed by atoms with Crippen LogP contribution in [0.25, 0.3) is 10.9 Å². The summed E-state index contributed by atoms with van der Waals surface area (Å²) in [4.78, 5) is 24.6. The predicted octanol–water partition coefficient (Wildman–Crippen LogP) is 3.19. The minimum absolute atomic E-state index is 0.146. The average Bonchev–Trinajstić information content (AvgIpc) is 2.78. The highest BCUT2D eigenvalue weighted by atomic mass is 16.5. The smallest absolute Gasteiger partial charge is 0.407 e. The quantitative estimate of drug-likeness (QED) is 0.768. The van der Waals surface area contributed by atoms with Crippen molar-refractivity contribution in [1.82, 2.24) is 14.9 Å². The highest BCUT2D eigenvalue weighted by molar-refractivity contribution is 5.93. The summed E-state index contributed by atoms with van der Waals surface area (Å²) >= 11 is 0. The number of aromatic nitrogens is 2. The molecule has 0 spiro atoms. The lowest BCUT2D eigenvalue weighted by molar-refractivity contribution is 0.133. The van der Waals surface area contributed by atoms with E-state index < -0.39 is 6.09 Å². The zero-order chi connectivity index (χ0) is 21.1. The number of amides is 1. The molecule has 2 N–H and O–H groups in total. The normalized spacial score (nSPS) is 17.8. The molecule has 4 rings (SSSR count). The molecular weight excluding hydrogens is 386 g/mol. The van der Waals surface area contributed by atoms with Crippen molar-refractivity contribution in [3.8, 4) is 11.5 Å². The Morgan fingerprint density at radius 3 is 2.33 bits per heavy atom. The first kappa shape index (κ1) is 20.3. The molecule has 2 aliphatic rings. The molecule has 30 heavy (non-hydrogen) atoms. The van der Waals surface area contributed by atoms with E-state index in [0.717, 1.165) is 55.5 Å². The average molecular weight is 415 g/mol. The Morgan fingerprint density at radius 1 is 1.03 bits per heavy atom. The molecule has 9 nitrogen and oxygen atoms in total. The number of hydrogen-bond acceptors (Lipinski definition) is 7. The molecule has 0 radical (unpaired) electrons. The number of anilines is 2. The Kier molecular flexibility index (Phi) is 5.96. The molecule has 2 aliphatic heterocycles. The number of likely N-dealkylation sites (tertiary alicyclic amines) is 1. The van der Waals surface area contributed by atoms with Gasteiger partial charge in [0.1, 0.15) is 5.82 Å². The van der Waals surface area contributed by atoms with Crippen LogP contribution in [-0.4, -0.2) is 72.5 Å². The molecule has 1 aromatic heterocycles. The summed E-state index contributed by atoms with van der Waals surface area (Å²) in [7, 11) is 3.25. The van der Waals surface area contributed by atoms with E-state index in [1.54, 1.807) is 14.2 Å².